The molecule has 0 aliphatic heterocycles. The van der Waals surface area contributed by atoms with Gasteiger partial charge in [-0.05, 0) is 30.5 Å². The van der Waals surface area contributed by atoms with Crippen molar-refractivity contribution in [2.24, 2.45) is 0 Å². The Kier molecular flexibility index (Phi) is 7.36. The molecule has 0 saturated heterocycles. The predicted molar refractivity (Wildman–Crippen MR) is 99.0 cm³/mol. The van der Waals surface area contributed by atoms with Gasteiger partial charge in [0.2, 0.25) is 0 Å². The van der Waals surface area contributed by atoms with E-state index in [1.54, 1.807) is 23.5 Å². The lowest BCUT2D eigenvalue weighted by molar-refractivity contribution is -0.903. The molecule has 7 nitrogen and oxygen atoms in total. The maximum Gasteiger partial charge on any atom is 0.275 e. The van der Waals surface area contributed by atoms with Crippen molar-refractivity contribution in [3.8, 4) is 0 Å². The van der Waals surface area contributed by atoms with Crippen molar-refractivity contribution in [1.82, 2.24) is 5.32 Å². The summed E-state index contributed by atoms with van der Waals surface area (Å²) in [5.74, 6) is 0.0268. The molecule has 25 heavy (non-hydrogen) atoms. The number of non-ortho nitro benzene ring substituents is 1. The predicted octanol–water partition coefficient (Wildman–Crippen LogP) is 1.29. The third-order valence-electron chi connectivity index (χ3n) is 3.77. The smallest absolute Gasteiger partial charge is 0.275 e. The van der Waals surface area contributed by atoms with Gasteiger partial charge in [-0.2, -0.15) is 0 Å². The van der Waals surface area contributed by atoms with Crippen LogP contribution in [0.4, 0.5) is 11.4 Å². The molecule has 1 aromatic carbocycles. The zero-order valence-electron chi connectivity index (χ0n) is 14.2. The number of amides is 1. The van der Waals surface area contributed by atoms with Crippen LogP contribution in [0.25, 0.3) is 0 Å². The van der Waals surface area contributed by atoms with E-state index in [1.807, 2.05) is 11.4 Å². The molecule has 1 amide bonds. The van der Waals surface area contributed by atoms with Crippen LogP contribution in [0.15, 0.2) is 41.8 Å². The van der Waals surface area contributed by atoms with Crippen LogP contribution < -0.4 is 15.5 Å². The molecule has 8 heteroatoms. The lowest BCUT2D eigenvalue weighted by atomic mass is 10.3. The number of benzene rings is 1. The van der Waals surface area contributed by atoms with E-state index in [9.17, 15) is 14.9 Å². The van der Waals surface area contributed by atoms with Crippen molar-refractivity contribution in [2.45, 2.75) is 13.5 Å². The minimum absolute atomic E-state index is 0.0268. The van der Waals surface area contributed by atoms with Crippen LogP contribution in [0.2, 0.25) is 0 Å². The maximum atomic E-state index is 12.0. The molecule has 1 atom stereocenters. The number of thiophene rings is 1. The number of nitrogens with zero attached hydrogens (tertiary/aromatic N) is 1. The molecule has 0 aliphatic carbocycles. The molecule has 0 fully saturated rings. The van der Waals surface area contributed by atoms with Crippen molar-refractivity contribution in [3.05, 3.63) is 56.8 Å². The first-order chi connectivity index (χ1) is 12.1. The number of nitro benzene ring substituents is 1. The summed E-state index contributed by atoms with van der Waals surface area (Å²) in [6.07, 6.45) is 0. The highest BCUT2D eigenvalue weighted by Gasteiger charge is 2.13. The summed E-state index contributed by atoms with van der Waals surface area (Å²) in [4.78, 5) is 24.7. The van der Waals surface area contributed by atoms with E-state index < -0.39 is 4.92 Å². The summed E-state index contributed by atoms with van der Waals surface area (Å²) >= 11 is 1.71. The molecular weight excluding hydrogens is 340 g/mol. The van der Waals surface area contributed by atoms with E-state index in [4.69, 9.17) is 0 Å². The molecule has 1 unspecified atom stereocenters. The molecule has 1 heterocycles. The van der Waals surface area contributed by atoms with Crippen LogP contribution in [-0.4, -0.2) is 37.0 Å². The number of carbonyl (C=O) groups is 1. The zero-order valence-corrected chi connectivity index (χ0v) is 15.0. The molecule has 3 N–H and O–H groups in total. The van der Waals surface area contributed by atoms with Gasteiger partial charge in [0.05, 0.1) is 16.3 Å². The average molecular weight is 363 g/mol. The van der Waals surface area contributed by atoms with E-state index in [-0.39, 0.29) is 11.6 Å². The van der Waals surface area contributed by atoms with Crippen LogP contribution in [0.5, 0.6) is 0 Å². The number of anilines is 1. The Balaban J connectivity index is 1.66. The SMILES string of the molecule is CC[NH+](CC(=O)NCCNc1ccc([N+](=O)[O-])cc1)Cc1cccs1. The molecule has 0 saturated carbocycles. The van der Waals surface area contributed by atoms with Crippen LogP contribution >= 0.6 is 11.3 Å². The van der Waals surface area contributed by atoms with E-state index in [1.165, 1.54) is 21.9 Å². The lowest BCUT2D eigenvalue weighted by Gasteiger charge is -2.16. The van der Waals surface area contributed by atoms with Gasteiger partial charge in [-0.1, -0.05) is 6.07 Å². The molecule has 0 aliphatic rings. The summed E-state index contributed by atoms with van der Waals surface area (Å²) < 4.78 is 0. The highest BCUT2D eigenvalue weighted by atomic mass is 32.1. The second-order valence-electron chi connectivity index (χ2n) is 5.62. The van der Waals surface area contributed by atoms with Gasteiger partial charge in [0, 0.05) is 30.9 Å². The third-order valence-corrected chi connectivity index (χ3v) is 4.65. The molecule has 134 valence electrons. The minimum Gasteiger partial charge on any atom is -0.383 e. The van der Waals surface area contributed by atoms with Gasteiger partial charge in [-0.15, -0.1) is 11.3 Å². The first-order valence-corrected chi connectivity index (χ1v) is 9.07. The Labute approximate surface area is 150 Å². The van der Waals surface area contributed by atoms with E-state index in [0.717, 1.165) is 18.8 Å². The van der Waals surface area contributed by atoms with Crippen molar-refractivity contribution < 1.29 is 14.6 Å². The fourth-order valence-electron chi connectivity index (χ4n) is 2.37. The topological polar surface area (TPSA) is 88.7 Å². The van der Waals surface area contributed by atoms with Crippen molar-refractivity contribution in [2.75, 3.05) is 31.5 Å². The molecule has 0 radical (unpaired) electrons. The van der Waals surface area contributed by atoms with Gasteiger partial charge in [0.25, 0.3) is 11.6 Å². The van der Waals surface area contributed by atoms with Gasteiger partial charge in [-0.3, -0.25) is 14.9 Å². The van der Waals surface area contributed by atoms with Crippen molar-refractivity contribution in [3.63, 3.8) is 0 Å². The van der Waals surface area contributed by atoms with Gasteiger partial charge in [0.15, 0.2) is 6.54 Å². The first-order valence-electron chi connectivity index (χ1n) is 8.19. The minimum atomic E-state index is -0.429. The van der Waals surface area contributed by atoms with Gasteiger partial charge in [-0.25, -0.2) is 0 Å². The van der Waals surface area contributed by atoms with E-state index in [0.29, 0.717) is 19.6 Å². The highest BCUT2D eigenvalue weighted by molar-refractivity contribution is 7.09. The van der Waals surface area contributed by atoms with Crippen LogP contribution in [0.3, 0.4) is 0 Å². The Morgan fingerprint density at radius 3 is 2.60 bits per heavy atom. The fourth-order valence-corrected chi connectivity index (χ4v) is 3.15. The Morgan fingerprint density at radius 1 is 1.24 bits per heavy atom. The van der Waals surface area contributed by atoms with Crippen LogP contribution in [0.1, 0.15) is 11.8 Å². The number of rotatable bonds is 10. The zero-order chi connectivity index (χ0) is 18.1. The molecular formula is C17H23N4O3S+. The lowest BCUT2D eigenvalue weighted by Crippen LogP contribution is -3.11. The fraction of sp³-hybridized carbons (Fsp3) is 0.353. The number of nitrogens with one attached hydrogen (secondary N) is 3. The second kappa shape index (κ2) is 9.75. The number of quaternary nitrogens is 1. The standard InChI is InChI=1S/C17H22N4O3S/c1-2-20(12-16-4-3-11-25-16)13-17(22)19-10-9-18-14-5-7-15(8-6-14)21(23)24/h3-8,11,18H,2,9-10,12-13H2,1H3,(H,19,22)/p+1. The van der Waals surface area contributed by atoms with Crippen LogP contribution in [-0.2, 0) is 11.3 Å². The Bertz CT molecular complexity index is 674. The number of nitro groups is 1. The van der Waals surface area contributed by atoms with Gasteiger partial charge >= 0.3 is 0 Å². The summed E-state index contributed by atoms with van der Waals surface area (Å²) in [5.41, 5.74) is 0.852. The normalized spacial score (nSPS) is 11.7. The number of likely N-dealkylation sites (N-methyl/N-ethyl adjacent to an activating group) is 1. The third kappa shape index (κ3) is 6.52. The number of hydrogen-bond donors (Lipinski definition) is 3. The highest BCUT2D eigenvalue weighted by Crippen LogP contribution is 2.14. The summed E-state index contributed by atoms with van der Waals surface area (Å²) in [6, 6.07) is 10.3. The van der Waals surface area contributed by atoms with Gasteiger partial charge in [0.1, 0.15) is 6.54 Å². The molecule has 1 aromatic heterocycles. The van der Waals surface area contributed by atoms with Crippen molar-refractivity contribution >= 4 is 28.6 Å². The Morgan fingerprint density at radius 2 is 2.00 bits per heavy atom. The molecule has 0 spiro atoms. The van der Waals surface area contributed by atoms with Crippen molar-refractivity contribution in [1.29, 1.82) is 0 Å². The Hall–Kier alpha value is -2.45. The maximum absolute atomic E-state index is 12.0. The average Bonchev–Trinajstić information content (AvgIpc) is 3.11. The number of hydrogen-bond acceptors (Lipinski definition) is 5. The summed E-state index contributed by atoms with van der Waals surface area (Å²) in [5, 5.41) is 18.7. The first kappa shape index (κ1) is 18.9. The van der Waals surface area contributed by atoms with E-state index in [2.05, 4.69) is 23.6 Å². The molecule has 2 aromatic rings. The largest absolute Gasteiger partial charge is 0.383 e. The van der Waals surface area contributed by atoms with Crippen LogP contribution in [0, 0.1) is 10.1 Å². The quantitative estimate of drug-likeness (QED) is 0.337. The summed E-state index contributed by atoms with van der Waals surface area (Å²) in [7, 11) is 0. The van der Waals surface area contributed by atoms with Gasteiger partial charge < -0.3 is 15.5 Å². The van der Waals surface area contributed by atoms with E-state index >= 15 is 0 Å². The summed E-state index contributed by atoms with van der Waals surface area (Å²) in [6.45, 7) is 5.36. The molecule has 2 rings (SSSR count). The number of carbonyl (C=O) groups excluding carboxylic acids is 1. The second-order valence-corrected chi connectivity index (χ2v) is 6.65. The monoisotopic (exact) mass is 363 g/mol. The molecule has 0 bridgehead atoms.